The summed E-state index contributed by atoms with van der Waals surface area (Å²) in [7, 11) is 1.58. The summed E-state index contributed by atoms with van der Waals surface area (Å²) in [6.45, 7) is 0.971. The molecule has 1 aliphatic heterocycles. The van der Waals surface area contributed by atoms with Crippen molar-refractivity contribution in [2.24, 2.45) is 5.92 Å². The molecule has 3 aromatic rings. The molecule has 180 valence electrons. The van der Waals surface area contributed by atoms with Crippen molar-refractivity contribution < 1.29 is 19.1 Å². The number of amides is 3. The molecule has 3 amide bonds. The molecule has 4 rings (SSSR count). The standard InChI is InChI=1S/C27H26ClN3O4/c1-35-24-14-12-23(13-15-24)29-25(32)18-6-10-22(11-7-18)30-26(33)20-3-2-16-31(17-20)27(34)19-4-8-21(28)9-5-19/h4-15,20H,2-3,16-17H2,1H3,(H,29,32)(H,30,33). The van der Waals surface area contributed by atoms with Crippen molar-refractivity contribution in [3.8, 4) is 5.75 Å². The normalized spacial score (nSPS) is 15.3. The SMILES string of the molecule is COc1ccc(NC(=O)c2ccc(NC(=O)C3CCCN(C(=O)c4ccc(Cl)cc4)C3)cc2)cc1. The Hall–Kier alpha value is -3.84. The highest BCUT2D eigenvalue weighted by molar-refractivity contribution is 6.30. The van der Waals surface area contributed by atoms with E-state index in [0.29, 0.717) is 52.8 Å². The largest absolute Gasteiger partial charge is 0.497 e. The fourth-order valence-corrected chi connectivity index (χ4v) is 4.10. The van der Waals surface area contributed by atoms with E-state index in [0.717, 1.165) is 6.42 Å². The molecule has 1 atom stereocenters. The predicted molar refractivity (Wildman–Crippen MR) is 136 cm³/mol. The van der Waals surface area contributed by atoms with Gasteiger partial charge in [-0.25, -0.2) is 0 Å². The lowest BCUT2D eigenvalue weighted by molar-refractivity contribution is -0.121. The van der Waals surface area contributed by atoms with Crippen molar-refractivity contribution in [1.29, 1.82) is 0 Å². The van der Waals surface area contributed by atoms with Crippen molar-refractivity contribution in [2.45, 2.75) is 12.8 Å². The number of benzene rings is 3. The van der Waals surface area contributed by atoms with Gasteiger partial charge in [-0.1, -0.05) is 11.6 Å². The highest BCUT2D eigenvalue weighted by atomic mass is 35.5. The number of carbonyl (C=O) groups is 3. The van der Waals surface area contributed by atoms with Gasteiger partial charge < -0.3 is 20.3 Å². The number of anilines is 2. The van der Waals surface area contributed by atoms with Gasteiger partial charge in [0.05, 0.1) is 13.0 Å². The van der Waals surface area contributed by atoms with Crippen LogP contribution in [0.15, 0.2) is 72.8 Å². The molecule has 7 nitrogen and oxygen atoms in total. The second-order valence-corrected chi connectivity index (χ2v) is 8.78. The lowest BCUT2D eigenvalue weighted by Gasteiger charge is -2.32. The van der Waals surface area contributed by atoms with Crippen LogP contribution in [-0.4, -0.2) is 42.8 Å². The zero-order chi connectivity index (χ0) is 24.8. The number of rotatable bonds is 6. The van der Waals surface area contributed by atoms with E-state index < -0.39 is 0 Å². The fourth-order valence-electron chi connectivity index (χ4n) is 3.98. The zero-order valence-electron chi connectivity index (χ0n) is 19.3. The van der Waals surface area contributed by atoms with E-state index in [4.69, 9.17) is 16.3 Å². The molecule has 35 heavy (non-hydrogen) atoms. The molecule has 0 bridgehead atoms. The molecule has 0 saturated carbocycles. The minimum absolute atomic E-state index is 0.105. The zero-order valence-corrected chi connectivity index (χ0v) is 20.0. The monoisotopic (exact) mass is 491 g/mol. The summed E-state index contributed by atoms with van der Waals surface area (Å²) in [6.07, 6.45) is 1.46. The van der Waals surface area contributed by atoms with Gasteiger partial charge in [-0.05, 0) is 85.6 Å². The third-order valence-electron chi connectivity index (χ3n) is 5.93. The van der Waals surface area contributed by atoms with Crippen molar-refractivity contribution in [1.82, 2.24) is 4.90 Å². The molecule has 1 unspecified atom stereocenters. The number of piperidine rings is 1. The van der Waals surface area contributed by atoms with Crippen LogP contribution in [0.3, 0.4) is 0 Å². The van der Waals surface area contributed by atoms with E-state index in [2.05, 4.69) is 10.6 Å². The maximum atomic E-state index is 12.9. The minimum Gasteiger partial charge on any atom is -0.497 e. The molecule has 8 heteroatoms. The summed E-state index contributed by atoms with van der Waals surface area (Å²) in [5, 5.41) is 6.30. The number of methoxy groups -OCH3 is 1. The van der Waals surface area contributed by atoms with Crippen LogP contribution >= 0.6 is 11.6 Å². The molecule has 1 saturated heterocycles. The Morgan fingerprint density at radius 2 is 1.46 bits per heavy atom. The number of hydrogen-bond acceptors (Lipinski definition) is 4. The molecule has 0 aromatic heterocycles. The number of hydrogen-bond donors (Lipinski definition) is 2. The number of nitrogens with zero attached hydrogens (tertiary/aromatic N) is 1. The van der Waals surface area contributed by atoms with Crippen molar-refractivity contribution in [3.63, 3.8) is 0 Å². The molecular weight excluding hydrogens is 466 g/mol. The Balaban J connectivity index is 1.33. The van der Waals surface area contributed by atoms with Crippen molar-refractivity contribution in [3.05, 3.63) is 88.9 Å². The summed E-state index contributed by atoms with van der Waals surface area (Å²) in [5.41, 5.74) is 2.27. The Bertz CT molecular complexity index is 1190. The Labute approximate surface area is 209 Å². The average molecular weight is 492 g/mol. The summed E-state index contributed by atoms with van der Waals surface area (Å²) in [6, 6.07) is 20.5. The quantitative estimate of drug-likeness (QED) is 0.502. The van der Waals surface area contributed by atoms with Crippen LogP contribution < -0.4 is 15.4 Å². The van der Waals surface area contributed by atoms with Gasteiger partial charge in [-0.3, -0.25) is 14.4 Å². The topological polar surface area (TPSA) is 87.7 Å². The lowest BCUT2D eigenvalue weighted by Crippen LogP contribution is -2.43. The highest BCUT2D eigenvalue weighted by Gasteiger charge is 2.29. The van der Waals surface area contributed by atoms with E-state index in [-0.39, 0.29) is 23.6 Å². The Morgan fingerprint density at radius 1 is 0.857 bits per heavy atom. The average Bonchev–Trinajstić information content (AvgIpc) is 2.89. The van der Waals surface area contributed by atoms with Gasteiger partial charge in [0.15, 0.2) is 0 Å². The molecular formula is C27H26ClN3O4. The minimum atomic E-state index is -0.307. The molecule has 1 fully saturated rings. The third kappa shape index (κ3) is 6.19. The maximum Gasteiger partial charge on any atom is 0.255 e. The Morgan fingerprint density at radius 3 is 2.11 bits per heavy atom. The first-order valence-corrected chi connectivity index (χ1v) is 11.7. The predicted octanol–water partition coefficient (Wildman–Crippen LogP) is 5.09. The van der Waals surface area contributed by atoms with Crippen LogP contribution in [0.4, 0.5) is 11.4 Å². The van der Waals surface area contributed by atoms with E-state index in [9.17, 15) is 14.4 Å². The van der Waals surface area contributed by atoms with Gasteiger partial charge >= 0.3 is 0 Å². The molecule has 0 aliphatic carbocycles. The fraction of sp³-hybridized carbons (Fsp3) is 0.222. The second kappa shape index (κ2) is 11.1. The number of carbonyl (C=O) groups excluding carboxylic acids is 3. The molecule has 0 spiro atoms. The first kappa shape index (κ1) is 24.3. The smallest absolute Gasteiger partial charge is 0.255 e. The van der Waals surface area contributed by atoms with Crippen LogP contribution in [0.25, 0.3) is 0 Å². The van der Waals surface area contributed by atoms with Gasteiger partial charge in [0, 0.05) is 40.6 Å². The van der Waals surface area contributed by atoms with E-state index in [1.54, 1.807) is 84.8 Å². The highest BCUT2D eigenvalue weighted by Crippen LogP contribution is 2.22. The van der Waals surface area contributed by atoms with Crippen LogP contribution in [0.1, 0.15) is 33.6 Å². The number of ether oxygens (including phenoxy) is 1. The van der Waals surface area contributed by atoms with Crippen LogP contribution in [0.2, 0.25) is 5.02 Å². The van der Waals surface area contributed by atoms with Gasteiger partial charge in [0.1, 0.15) is 5.75 Å². The van der Waals surface area contributed by atoms with Crippen LogP contribution in [0, 0.1) is 5.92 Å². The van der Waals surface area contributed by atoms with Crippen molar-refractivity contribution >= 4 is 40.7 Å². The molecule has 2 N–H and O–H groups in total. The number of halogens is 1. The van der Waals surface area contributed by atoms with Gasteiger partial charge in [-0.2, -0.15) is 0 Å². The molecule has 1 heterocycles. The summed E-state index contributed by atoms with van der Waals surface area (Å²) in [4.78, 5) is 39.9. The third-order valence-corrected chi connectivity index (χ3v) is 6.19. The maximum absolute atomic E-state index is 12.9. The molecule has 3 aromatic carbocycles. The van der Waals surface area contributed by atoms with Gasteiger partial charge in [0.25, 0.3) is 11.8 Å². The Kier molecular flexibility index (Phi) is 7.67. The molecule has 1 aliphatic rings. The van der Waals surface area contributed by atoms with Gasteiger partial charge in [-0.15, -0.1) is 0 Å². The first-order chi connectivity index (χ1) is 16.9. The number of likely N-dealkylation sites (tertiary alicyclic amines) is 1. The van der Waals surface area contributed by atoms with Crippen LogP contribution in [-0.2, 0) is 4.79 Å². The van der Waals surface area contributed by atoms with Crippen LogP contribution in [0.5, 0.6) is 5.75 Å². The van der Waals surface area contributed by atoms with E-state index in [1.807, 2.05) is 0 Å². The summed E-state index contributed by atoms with van der Waals surface area (Å²) >= 11 is 5.91. The number of nitrogens with one attached hydrogen (secondary N) is 2. The second-order valence-electron chi connectivity index (χ2n) is 8.35. The van der Waals surface area contributed by atoms with E-state index in [1.165, 1.54) is 0 Å². The first-order valence-electron chi connectivity index (χ1n) is 11.3. The van der Waals surface area contributed by atoms with E-state index >= 15 is 0 Å². The van der Waals surface area contributed by atoms with Crippen molar-refractivity contribution in [2.75, 3.05) is 30.8 Å². The van der Waals surface area contributed by atoms with Gasteiger partial charge in [0.2, 0.25) is 5.91 Å². The lowest BCUT2D eigenvalue weighted by atomic mass is 9.96. The molecule has 0 radical (unpaired) electrons. The summed E-state index contributed by atoms with van der Waals surface area (Å²) in [5.74, 6) is -0.103. The summed E-state index contributed by atoms with van der Waals surface area (Å²) < 4.78 is 5.12.